The van der Waals surface area contributed by atoms with Crippen molar-refractivity contribution in [1.29, 1.82) is 0 Å². The molecule has 1 fully saturated rings. The van der Waals surface area contributed by atoms with Crippen LogP contribution in [0, 0.1) is 11.3 Å². The number of esters is 3. The Morgan fingerprint density at radius 3 is 2.24 bits per heavy atom. The third kappa shape index (κ3) is 13.6. The second-order valence-electron chi connectivity index (χ2n) is 11.1. The standard InChI is InChI=1S/C33H50O8/c1-5-10-26-11-16-28(17-12-26)38-21-7-8-22-40-31(35)25-33(3,6-2)32(36)41-24-9-23-39-29-18-13-27(14-19-29)15-20-30(34)37-4/h13-15,18-20,26,28H,5-12,16-17,21-25H2,1-4H3/b20-15+. The van der Waals surface area contributed by atoms with Crippen molar-refractivity contribution in [3.05, 3.63) is 35.9 Å². The van der Waals surface area contributed by atoms with Crippen molar-refractivity contribution in [3.63, 3.8) is 0 Å². The molecule has 8 heteroatoms. The van der Waals surface area contributed by atoms with Gasteiger partial charge >= 0.3 is 17.9 Å². The number of carbonyl (C=O) groups excluding carboxylic acids is 3. The van der Waals surface area contributed by atoms with Gasteiger partial charge in [-0.2, -0.15) is 0 Å². The molecular weight excluding hydrogens is 524 g/mol. The van der Waals surface area contributed by atoms with Gasteiger partial charge in [-0.25, -0.2) is 4.79 Å². The molecule has 0 aromatic heterocycles. The normalized spacial score (nSPS) is 18.4. The molecule has 0 N–H and O–H groups in total. The van der Waals surface area contributed by atoms with Crippen LogP contribution >= 0.6 is 0 Å². The Hall–Kier alpha value is -2.87. The summed E-state index contributed by atoms with van der Waals surface area (Å²) in [4.78, 5) is 36.3. The molecule has 8 nitrogen and oxygen atoms in total. The molecule has 1 aliphatic carbocycles. The van der Waals surface area contributed by atoms with E-state index in [1.807, 2.05) is 19.1 Å². The topological polar surface area (TPSA) is 97.4 Å². The molecule has 0 amide bonds. The van der Waals surface area contributed by atoms with Gasteiger partial charge in [-0.05, 0) is 81.6 Å². The Morgan fingerprint density at radius 1 is 0.902 bits per heavy atom. The molecular formula is C33H50O8. The highest BCUT2D eigenvalue weighted by molar-refractivity contribution is 5.87. The van der Waals surface area contributed by atoms with E-state index in [4.69, 9.17) is 18.9 Å². The summed E-state index contributed by atoms with van der Waals surface area (Å²) in [6.07, 6.45) is 13.4. The Bertz CT molecular complexity index is 933. The van der Waals surface area contributed by atoms with E-state index in [0.717, 1.165) is 37.2 Å². The molecule has 230 valence electrons. The van der Waals surface area contributed by atoms with Gasteiger partial charge in [0, 0.05) is 19.1 Å². The summed E-state index contributed by atoms with van der Waals surface area (Å²) in [5.74, 6) is 0.352. The first-order chi connectivity index (χ1) is 19.8. The molecule has 0 spiro atoms. The molecule has 2 rings (SSSR count). The van der Waals surface area contributed by atoms with Crippen molar-refractivity contribution in [3.8, 4) is 5.75 Å². The highest BCUT2D eigenvalue weighted by Crippen LogP contribution is 2.30. The first-order valence-electron chi connectivity index (χ1n) is 15.2. The summed E-state index contributed by atoms with van der Waals surface area (Å²) in [6.45, 7) is 7.47. The zero-order valence-electron chi connectivity index (χ0n) is 25.5. The lowest BCUT2D eigenvalue weighted by atomic mass is 9.84. The number of carbonyl (C=O) groups is 3. The van der Waals surface area contributed by atoms with Crippen molar-refractivity contribution in [2.45, 2.75) is 97.5 Å². The maximum absolute atomic E-state index is 12.7. The van der Waals surface area contributed by atoms with Crippen molar-refractivity contribution >= 4 is 24.0 Å². The predicted molar refractivity (Wildman–Crippen MR) is 158 cm³/mol. The fourth-order valence-electron chi connectivity index (χ4n) is 4.84. The second-order valence-corrected chi connectivity index (χ2v) is 11.1. The van der Waals surface area contributed by atoms with Gasteiger partial charge in [0.2, 0.25) is 0 Å². The molecule has 1 aromatic carbocycles. The van der Waals surface area contributed by atoms with E-state index >= 15 is 0 Å². The number of unbranched alkanes of at least 4 members (excludes halogenated alkanes) is 1. The fourth-order valence-corrected chi connectivity index (χ4v) is 4.84. The second kappa shape index (κ2) is 19.3. The van der Waals surface area contributed by atoms with Gasteiger partial charge in [-0.3, -0.25) is 9.59 Å². The van der Waals surface area contributed by atoms with Gasteiger partial charge in [0.15, 0.2) is 0 Å². The smallest absolute Gasteiger partial charge is 0.330 e. The van der Waals surface area contributed by atoms with E-state index in [1.165, 1.54) is 38.9 Å². The number of methoxy groups -OCH3 is 1. The van der Waals surface area contributed by atoms with Gasteiger partial charge < -0.3 is 23.7 Å². The zero-order chi connectivity index (χ0) is 29.9. The van der Waals surface area contributed by atoms with Gasteiger partial charge in [-0.15, -0.1) is 0 Å². The lowest BCUT2D eigenvalue weighted by Crippen LogP contribution is -2.33. The number of hydrogen-bond acceptors (Lipinski definition) is 8. The van der Waals surface area contributed by atoms with E-state index in [1.54, 1.807) is 25.1 Å². The maximum Gasteiger partial charge on any atom is 0.330 e. The van der Waals surface area contributed by atoms with Crippen LogP contribution in [0.3, 0.4) is 0 Å². The highest BCUT2D eigenvalue weighted by Gasteiger charge is 2.36. The van der Waals surface area contributed by atoms with E-state index in [2.05, 4.69) is 11.7 Å². The lowest BCUT2D eigenvalue weighted by Gasteiger charge is -2.28. The van der Waals surface area contributed by atoms with E-state index in [0.29, 0.717) is 44.5 Å². The summed E-state index contributed by atoms with van der Waals surface area (Å²) in [5.41, 5.74) is -0.0799. The molecule has 0 aliphatic heterocycles. The highest BCUT2D eigenvalue weighted by atomic mass is 16.5. The van der Waals surface area contributed by atoms with Crippen molar-refractivity contribution in [2.24, 2.45) is 11.3 Å². The van der Waals surface area contributed by atoms with Crippen LogP contribution in [-0.2, 0) is 33.3 Å². The molecule has 1 aliphatic rings. The van der Waals surface area contributed by atoms with Crippen molar-refractivity contribution in [2.75, 3.05) is 33.5 Å². The average molecular weight is 575 g/mol. The van der Waals surface area contributed by atoms with Crippen LogP contribution in [0.2, 0.25) is 0 Å². The monoisotopic (exact) mass is 574 g/mol. The van der Waals surface area contributed by atoms with Crippen LogP contribution in [0.1, 0.15) is 97.0 Å². The molecule has 0 saturated heterocycles. The molecule has 1 atom stereocenters. The first-order valence-corrected chi connectivity index (χ1v) is 15.2. The lowest BCUT2D eigenvalue weighted by molar-refractivity contribution is -0.162. The van der Waals surface area contributed by atoms with Crippen LogP contribution < -0.4 is 4.74 Å². The molecule has 41 heavy (non-hydrogen) atoms. The van der Waals surface area contributed by atoms with E-state index in [9.17, 15) is 14.4 Å². The van der Waals surface area contributed by atoms with E-state index < -0.39 is 17.4 Å². The Balaban J connectivity index is 1.56. The molecule has 0 bridgehead atoms. The molecule has 0 radical (unpaired) electrons. The number of hydrogen-bond donors (Lipinski definition) is 0. The van der Waals surface area contributed by atoms with Crippen LogP contribution in [0.5, 0.6) is 5.75 Å². The molecule has 1 aromatic rings. The largest absolute Gasteiger partial charge is 0.493 e. The third-order valence-corrected chi connectivity index (χ3v) is 7.74. The minimum absolute atomic E-state index is 0.00684. The Labute approximate surface area is 246 Å². The molecule has 1 unspecified atom stereocenters. The third-order valence-electron chi connectivity index (χ3n) is 7.74. The van der Waals surface area contributed by atoms with Crippen LogP contribution in [0.15, 0.2) is 30.3 Å². The number of rotatable bonds is 19. The van der Waals surface area contributed by atoms with Gasteiger partial charge in [0.1, 0.15) is 5.75 Å². The predicted octanol–water partition coefficient (Wildman–Crippen LogP) is 6.69. The zero-order valence-corrected chi connectivity index (χ0v) is 25.5. The Kier molecular flexibility index (Phi) is 16.2. The summed E-state index contributed by atoms with van der Waals surface area (Å²) >= 11 is 0. The number of benzene rings is 1. The van der Waals surface area contributed by atoms with Crippen molar-refractivity contribution < 1.29 is 38.1 Å². The van der Waals surface area contributed by atoms with Crippen LogP contribution in [0.4, 0.5) is 0 Å². The summed E-state index contributed by atoms with van der Waals surface area (Å²) in [7, 11) is 1.33. The summed E-state index contributed by atoms with van der Waals surface area (Å²) < 4.78 is 27.2. The summed E-state index contributed by atoms with van der Waals surface area (Å²) in [5, 5.41) is 0. The average Bonchev–Trinajstić information content (AvgIpc) is 2.98. The van der Waals surface area contributed by atoms with E-state index in [-0.39, 0.29) is 19.0 Å². The Morgan fingerprint density at radius 2 is 1.59 bits per heavy atom. The minimum Gasteiger partial charge on any atom is -0.493 e. The van der Waals surface area contributed by atoms with Gasteiger partial charge in [-0.1, -0.05) is 38.8 Å². The van der Waals surface area contributed by atoms with Crippen LogP contribution in [0.25, 0.3) is 6.08 Å². The van der Waals surface area contributed by atoms with Gasteiger partial charge in [0.25, 0.3) is 0 Å². The quantitative estimate of drug-likeness (QED) is 0.0780. The SMILES string of the molecule is CCCC1CCC(OCCCCOC(=O)CC(C)(CC)C(=O)OCCCOc2ccc(/C=C/C(=O)OC)cc2)CC1. The molecule has 1 saturated carbocycles. The first kappa shape index (κ1) is 34.3. The number of ether oxygens (including phenoxy) is 5. The summed E-state index contributed by atoms with van der Waals surface area (Å²) in [6, 6.07) is 7.26. The van der Waals surface area contributed by atoms with Crippen LogP contribution in [-0.4, -0.2) is 57.5 Å². The molecule has 0 heterocycles. The van der Waals surface area contributed by atoms with Crippen molar-refractivity contribution in [1.82, 2.24) is 0 Å². The fraction of sp³-hybridized carbons (Fsp3) is 0.667. The van der Waals surface area contributed by atoms with Gasteiger partial charge in [0.05, 0.1) is 44.9 Å². The minimum atomic E-state index is -0.925. The maximum atomic E-state index is 12.7.